The van der Waals surface area contributed by atoms with Crippen LogP contribution in [0.25, 0.3) is 5.57 Å². The molecule has 0 N–H and O–H groups in total. The first-order chi connectivity index (χ1) is 12.7. The van der Waals surface area contributed by atoms with E-state index < -0.39 is 0 Å². The van der Waals surface area contributed by atoms with Crippen molar-refractivity contribution < 1.29 is 4.74 Å². The molecule has 2 aromatic carbocycles. The van der Waals surface area contributed by atoms with Crippen molar-refractivity contribution in [2.75, 3.05) is 7.11 Å². The predicted molar refractivity (Wildman–Crippen MR) is 108 cm³/mol. The van der Waals surface area contributed by atoms with E-state index in [2.05, 4.69) is 67.3 Å². The summed E-state index contributed by atoms with van der Waals surface area (Å²) in [6, 6.07) is 16.8. The summed E-state index contributed by atoms with van der Waals surface area (Å²) >= 11 is 0. The molecule has 2 nitrogen and oxygen atoms in total. The third kappa shape index (κ3) is 3.31. The number of ether oxygens (including phenoxy) is 1. The first kappa shape index (κ1) is 17.4. The molecule has 136 valence electrons. The molecule has 2 aliphatic heterocycles. The van der Waals surface area contributed by atoms with Gasteiger partial charge >= 0.3 is 0 Å². The molecule has 2 heteroatoms. The zero-order chi connectivity index (χ0) is 18.1. The maximum Gasteiger partial charge on any atom is 0.124 e. The van der Waals surface area contributed by atoms with Crippen LogP contribution in [0.4, 0.5) is 0 Å². The Morgan fingerprint density at radius 2 is 1.77 bits per heavy atom. The van der Waals surface area contributed by atoms with Gasteiger partial charge in [-0.15, -0.1) is 0 Å². The highest BCUT2D eigenvalue weighted by Gasteiger charge is 2.34. The summed E-state index contributed by atoms with van der Waals surface area (Å²) < 4.78 is 5.55. The third-order valence-corrected chi connectivity index (χ3v) is 6.02. The molecular weight excluding hydrogens is 318 g/mol. The third-order valence-electron chi connectivity index (χ3n) is 6.02. The molecule has 0 saturated carbocycles. The number of rotatable bonds is 4. The molecule has 1 saturated heterocycles. The fourth-order valence-corrected chi connectivity index (χ4v) is 4.83. The van der Waals surface area contributed by atoms with E-state index in [1.807, 2.05) is 0 Å². The molecule has 0 aliphatic carbocycles. The highest BCUT2D eigenvalue weighted by Crippen LogP contribution is 2.39. The van der Waals surface area contributed by atoms with E-state index in [1.165, 1.54) is 47.1 Å². The van der Waals surface area contributed by atoms with Crippen LogP contribution in [0, 0.1) is 13.8 Å². The lowest BCUT2D eigenvalue weighted by atomic mass is 9.82. The molecule has 26 heavy (non-hydrogen) atoms. The average Bonchev–Trinajstić information content (AvgIpc) is 2.62. The van der Waals surface area contributed by atoms with Crippen LogP contribution in [0.2, 0.25) is 0 Å². The summed E-state index contributed by atoms with van der Waals surface area (Å²) in [5.74, 6) is 1.02. The van der Waals surface area contributed by atoms with Crippen molar-refractivity contribution in [1.29, 1.82) is 0 Å². The first-order valence-electron chi connectivity index (χ1n) is 9.81. The number of aryl methyl sites for hydroxylation is 2. The van der Waals surface area contributed by atoms with E-state index in [0.29, 0.717) is 12.1 Å². The average molecular weight is 348 g/mol. The normalized spacial score (nSPS) is 22.8. The van der Waals surface area contributed by atoms with Gasteiger partial charge in [0.05, 0.1) is 7.11 Å². The Balaban J connectivity index is 1.62. The van der Waals surface area contributed by atoms with Crippen LogP contribution in [-0.4, -0.2) is 24.1 Å². The number of nitrogens with zero attached hydrogens (tertiary/aromatic N) is 1. The van der Waals surface area contributed by atoms with Gasteiger partial charge in [-0.3, -0.25) is 4.90 Å². The van der Waals surface area contributed by atoms with E-state index in [1.54, 1.807) is 7.11 Å². The summed E-state index contributed by atoms with van der Waals surface area (Å²) in [7, 11) is 1.76. The van der Waals surface area contributed by atoms with Crippen LogP contribution in [0.3, 0.4) is 0 Å². The second-order valence-electron chi connectivity index (χ2n) is 7.85. The predicted octanol–water partition coefficient (Wildman–Crippen LogP) is 5.52. The fraction of sp³-hybridized carbons (Fsp3) is 0.417. The topological polar surface area (TPSA) is 12.5 Å². The summed E-state index contributed by atoms with van der Waals surface area (Å²) in [6.07, 6.45) is 7.65. The minimum Gasteiger partial charge on any atom is -0.496 e. The summed E-state index contributed by atoms with van der Waals surface area (Å²) in [6.45, 7) is 5.38. The zero-order valence-corrected chi connectivity index (χ0v) is 16.2. The Morgan fingerprint density at radius 1 is 1.04 bits per heavy atom. The number of methoxy groups -OCH3 is 1. The summed E-state index contributed by atoms with van der Waals surface area (Å²) in [5, 5.41) is 0. The lowest BCUT2D eigenvalue weighted by molar-refractivity contribution is 0.0951. The smallest absolute Gasteiger partial charge is 0.124 e. The lowest BCUT2D eigenvalue weighted by Crippen LogP contribution is -2.47. The van der Waals surface area contributed by atoms with Gasteiger partial charge in [0.25, 0.3) is 0 Å². The van der Waals surface area contributed by atoms with Crippen LogP contribution in [0.1, 0.15) is 47.9 Å². The van der Waals surface area contributed by atoms with Crippen molar-refractivity contribution in [3.63, 3.8) is 0 Å². The lowest BCUT2D eigenvalue weighted by Gasteiger charge is -2.45. The van der Waals surface area contributed by atoms with Gasteiger partial charge in [-0.05, 0) is 73.1 Å². The number of hydrogen-bond donors (Lipinski definition) is 0. The number of hydrogen-bond acceptors (Lipinski definition) is 2. The molecule has 0 amide bonds. The maximum absolute atomic E-state index is 5.55. The molecule has 2 unspecified atom stereocenters. The van der Waals surface area contributed by atoms with Crippen LogP contribution in [-0.2, 0) is 6.54 Å². The van der Waals surface area contributed by atoms with Crippen LogP contribution < -0.4 is 4.74 Å². The van der Waals surface area contributed by atoms with Gasteiger partial charge in [0.1, 0.15) is 5.75 Å². The molecule has 2 heterocycles. The summed E-state index contributed by atoms with van der Waals surface area (Å²) in [5.41, 5.74) is 6.81. The van der Waals surface area contributed by atoms with Gasteiger partial charge in [-0.1, -0.05) is 42.8 Å². The molecule has 2 aromatic rings. The van der Waals surface area contributed by atoms with Crippen LogP contribution in [0.5, 0.6) is 5.75 Å². The van der Waals surface area contributed by atoms with E-state index in [0.717, 1.165) is 18.7 Å². The summed E-state index contributed by atoms with van der Waals surface area (Å²) in [4.78, 5) is 2.73. The Bertz CT molecular complexity index is 785. The molecular formula is C24H29NO. The van der Waals surface area contributed by atoms with E-state index in [-0.39, 0.29) is 0 Å². The first-order valence-corrected chi connectivity index (χ1v) is 9.81. The van der Waals surface area contributed by atoms with Crippen LogP contribution >= 0.6 is 0 Å². The molecule has 4 rings (SSSR count). The van der Waals surface area contributed by atoms with Gasteiger partial charge in [0, 0.05) is 18.6 Å². The monoisotopic (exact) mass is 347 g/mol. The number of benzene rings is 2. The van der Waals surface area contributed by atoms with Crippen molar-refractivity contribution in [3.05, 3.63) is 70.8 Å². The Kier molecular flexibility index (Phi) is 4.86. The maximum atomic E-state index is 5.55. The van der Waals surface area contributed by atoms with Crippen molar-refractivity contribution in [1.82, 2.24) is 4.90 Å². The van der Waals surface area contributed by atoms with Gasteiger partial charge in [-0.25, -0.2) is 0 Å². The Hall–Kier alpha value is -2.06. The molecule has 0 spiro atoms. The van der Waals surface area contributed by atoms with Gasteiger partial charge in [0.2, 0.25) is 0 Å². The van der Waals surface area contributed by atoms with Gasteiger partial charge < -0.3 is 4.74 Å². The standard InChI is InChI=1S/C24H29NO/c1-17-12-20(13-18(2)24(17)26-3)21-14-22-10-7-11-23(15-21)25(22)16-19-8-5-4-6-9-19/h4-6,8-9,12-14,22-23H,7,10-11,15-16H2,1-3H3. The fourth-order valence-electron chi connectivity index (χ4n) is 4.83. The van der Waals surface area contributed by atoms with E-state index in [4.69, 9.17) is 4.74 Å². The number of fused-ring (bicyclic) bond motifs is 2. The highest BCUT2D eigenvalue weighted by molar-refractivity contribution is 5.70. The van der Waals surface area contributed by atoms with E-state index in [9.17, 15) is 0 Å². The van der Waals surface area contributed by atoms with Crippen molar-refractivity contribution in [3.8, 4) is 5.75 Å². The molecule has 0 radical (unpaired) electrons. The second-order valence-corrected chi connectivity index (χ2v) is 7.85. The second kappa shape index (κ2) is 7.28. The highest BCUT2D eigenvalue weighted by atomic mass is 16.5. The largest absolute Gasteiger partial charge is 0.496 e. The molecule has 2 aliphatic rings. The van der Waals surface area contributed by atoms with Gasteiger partial charge in [-0.2, -0.15) is 0 Å². The molecule has 2 atom stereocenters. The number of piperidine rings is 1. The molecule has 0 aromatic heterocycles. The molecule has 1 fully saturated rings. The van der Waals surface area contributed by atoms with Crippen molar-refractivity contribution in [2.45, 2.75) is 58.2 Å². The Morgan fingerprint density at radius 3 is 2.42 bits per heavy atom. The molecule has 2 bridgehead atoms. The van der Waals surface area contributed by atoms with Gasteiger partial charge in [0.15, 0.2) is 0 Å². The zero-order valence-electron chi connectivity index (χ0n) is 16.2. The quantitative estimate of drug-likeness (QED) is 0.722. The van der Waals surface area contributed by atoms with Crippen molar-refractivity contribution in [2.24, 2.45) is 0 Å². The minimum absolute atomic E-state index is 0.570. The minimum atomic E-state index is 0.570. The van der Waals surface area contributed by atoms with Crippen LogP contribution in [0.15, 0.2) is 48.5 Å². The Labute approximate surface area is 157 Å². The van der Waals surface area contributed by atoms with E-state index >= 15 is 0 Å². The van der Waals surface area contributed by atoms with Crippen molar-refractivity contribution >= 4 is 5.57 Å². The SMILES string of the molecule is COc1c(C)cc(C2=CC3CCCC(C2)N3Cc2ccccc2)cc1C.